The van der Waals surface area contributed by atoms with Crippen molar-refractivity contribution in [3.63, 3.8) is 0 Å². The molecule has 0 radical (unpaired) electrons. The Morgan fingerprint density at radius 3 is 2.40 bits per heavy atom. The van der Waals surface area contributed by atoms with Crippen molar-refractivity contribution in [1.29, 1.82) is 0 Å². The fourth-order valence-corrected chi connectivity index (χ4v) is 2.33. The molecule has 0 aromatic heterocycles. The van der Waals surface area contributed by atoms with E-state index >= 15 is 0 Å². The molecule has 0 fully saturated rings. The summed E-state index contributed by atoms with van der Waals surface area (Å²) in [6, 6.07) is 8.77. The lowest BCUT2D eigenvalue weighted by Crippen LogP contribution is -2.35. The fraction of sp³-hybridized carbons (Fsp3) is 0.556. The molecular weight excluding hydrogens is 246 g/mol. The van der Waals surface area contributed by atoms with Crippen LogP contribution in [0.4, 0.5) is 0 Å². The zero-order valence-electron chi connectivity index (χ0n) is 13.1. The molecule has 1 aromatic carbocycles. The molecule has 0 bridgehead atoms. The van der Waals surface area contributed by atoms with Gasteiger partial charge in [-0.15, -0.1) is 0 Å². The van der Waals surface area contributed by atoms with Crippen molar-refractivity contribution in [3.8, 4) is 0 Å². The van der Waals surface area contributed by atoms with E-state index in [9.17, 15) is 5.11 Å². The van der Waals surface area contributed by atoms with Crippen LogP contribution >= 0.6 is 0 Å². The molecule has 0 unspecified atom stereocenters. The van der Waals surface area contributed by atoms with Crippen molar-refractivity contribution in [2.45, 2.75) is 58.1 Å². The van der Waals surface area contributed by atoms with Crippen LogP contribution in [-0.2, 0) is 6.42 Å². The van der Waals surface area contributed by atoms with Crippen LogP contribution in [0.25, 0.3) is 6.08 Å². The molecule has 0 spiro atoms. The largest absolute Gasteiger partial charge is 0.387 e. The number of hydrogen-bond donors (Lipinski definition) is 2. The van der Waals surface area contributed by atoms with Crippen LogP contribution < -0.4 is 5.32 Å². The molecule has 1 rings (SSSR count). The molecule has 2 N–H and O–H groups in total. The van der Waals surface area contributed by atoms with Gasteiger partial charge in [0, 0.05) is 6.04 Å². The van der Waals surface area contributed by atoms with Gasteiger partial charge < -0.3 is 10.4 Å². The van der Waals surface area contributed by atoms with E-state index in [4.69, 9.17) is 0 Å². The zero-order chi connectivity index (χ0) is 14.8. The van der Waals surface area contributed by atoms with Gasteiger partial charge in [-0.1, -0.05) is 63.1 Å². The molecule has 0 saturated heterocycles. The van der Waals surface area contributed by atoms with Crippen molar-refractivity contribution in [2.75, 3.05) is 7.05 Å². The van der Waals surface area contributed by atoms with Gasteiger partial charge in [-0.2, -0.15) is 0 Å². The number of aliphatic hydroxyl groups excluding tert-OH is 1. The Kier molecular flexibility index (Phi) is 8.24. The number of aliphatic hydroxyl groups is 1. The minimum absolute atomic E-state index is 0.125. The van der Waals surface area contributed by atoms with E-state index in [2.05, 4.69) is 43.4 Å². The van der Waals surface area contributed by atoms with E-state index in [-0.39, 0.29) is 6.04 Å². The highest BCUT2D eigenvalue weighted by Gasteiger charge is 2.11. The number of hydrogen-bond acceptors (Lipinski definition) is 2. The standard InChI is InChI=1S/C18H29NO/c1-4-6-7-8-15-9-11-16(12-10-15)13-14-18(20)17(5-2)19-3/h9-14,17-20H,4-8H2,1-3H3/b14-13+/t17-,18+/m1/s1. The van der Waals surface area contributed by atoms with Gasteiger partial charge in [0.15, 0.2) is 0 Å². The maximum absolute atomic E-state index is 10.0. The van der Waals surface area contributed by atoms with E-state index in [0.717, 1.165) is 18.4 Å². The van der Waals surface area contributed by atoms with E-state index in [1.165, 1.54) is 24.8 Å². The highest BCUT2D eigenvalue weighted by atomic mass is 16.3. The van der Waals surface area contributed by atoms with Crippen LogP contribution in [0.1, 0.15) is 50.7 Å². The highest BCUT2D eigenvalue weighted by molar-refractivity contribution is 5.50. The molecule has 2 nitrogen and oxygen atoms in total. The van der Waals surface area contributed by atoms with Gasteiger partial charge in [0.25, 0.3) is 0 Å². The Morgan fingerprint density at radius 2 is 1.85 bits per heavy atom. The summed E-state index contributed by atoms with van der Waals surface area (Å²) in [5.74, 6) is 0. The molecule has 2 atom stereocenters. The molecule has 0 saturated carbocycles. The van der Waals surface area contributed by atoms with Crippen LogP contribution in [0, 0.1) is 0 Å². The maximum Gasteiger partial charge on any atom is 0.0876 e. The summed E-state index contributed by atoms with van der Waals surface area (Å²) >= 11 is 0. The third kappa shape index (κ3) is 5.89. The lowest BCUT2D eigenvalue weighted by molar-refractivity contribution is 0.174. The second-order valence-corrected chi connectivity index (χ2v) is 5.35. The Bertz CT molecular complexity index is 379. The molecular formula is C18H29NO. The lowest BCUT2D eigenvalue weighted by Gasteiger charge is -2.17. The zero-order valence-corrected chi connectivity index (χ0v) is 13.1. The van der Waals surface area contributed by atoms with Gasteiger partial charge >= 0.3 is 0 Å². The van der Waals surface area contributed by atoms with Crippen molar-refractivity contribution in [3.05, 3.63) is 41.5 Å². The maximum atomic E-state index is 10.0. The first-order valence-corrected chi connectivity index (χ1v) is 7.83. The van der Waals surface area contributed by atoms with Gasteiger partial charge in [-0.05, 0) is 37.4 Å². The normalized spacial score (nSPS) is 14.6. The predicted molar refractivity (Wildman–Crippen MR) is 87.9 cm³/mol. The number of nitrogens with one attached hydrogen (secondary N) is 1. The van der Waals surface area contributed by atoms with Crippen LogP contribution in [0.3, 0.4) is 0 Å². The summed E-state index contributed by atoms with van der Waals surface area (Å²) < 4.78 is 0. The minimum Gasteiger partial charge on any atom is -0.387 e. The SMILES string of the molecule is CCCCCc1ccc(/C=C/[C@H](O)[C@@H](CC)NC)cc1. The third-order valence-electron chi connectivity index (χ3n) is 3.76. The average Bonchev–Trinajstić information content (AvgIpc) is 2.48. The molecule has 0 amide bonds. The quantitative estimate of drug-likeness (QED) is 0.672. The molecule has 2 heteroatoms. The lowest BCUT2D eigenvalue weighted by atomic mass is 10.0. The average molecular weight is 275 g/mol. The number of aryl methyl sites for hydroxylation is 1. The summed E-state index contributed by atoms with van der Waals surface area (Å²) in [7, 11) is 1.89. The van der Waals surface area contributed by atoms with Gasteiger partial charge in [0.1, 0.15) is 0 Å². The summed E-state index contributed by atoms with van der Waals surface area (Å²) in [6.07, 6.45) is 9.35. The number of unbranched alkanes of at least 4 members (excludes halogenated alkanes) is 2. The van der Waals surface area contributed by atoms with Crippen LogP contribution in [0.15, 0.2) is 30.3 Å². The Labute approximate surface area is 123 Å². The second kappa shape index (κ2) is 9.73. The number of likely N-dealkylation sites (N-methyl/N-ethyl adjacent to an activating group) is 1. The van der Waals surface area contributed by atoms with E-state index in [0.29, 0.717) is 0 Å². The van der Waals surface area contributed by atoms with Crippen molar-refractivity contribution < 1.29 is 5.11 Å². The highest BCUT2D eigenvalue weighted by Crippen LogP contribution is 2.11. The van der Waals surface area contributed by atoms with E-state index in [1.807, 2.05) is 19.2 Å². The van der Waals surface area contributed by atoms with Crippen molar-refractivity contribution in [1.82, 2.24) is 5.32 Å². The van der Waals surface area contributed by atoms with Gasteiger partial charge in [-0.25, -0.2) is 0 Å². The molecule has 0 aliphatic rings. The topological polar surface area (TPSA) is 32.3 Å². The first-order chi connectivity index (χ1) is 9.71. The first-order valence-electron chi connectivity index (χ1n) is 7.83. The Morgan fingerprint density at radius 1 is 1.15 bits per heavy atom. The Hall–Kier alpha value is -1.12. The number of benzene rings is 1. The third-order valence-corrected chi connectivity index (χ3v) is 3.76. The summed E-state index contributed by atoms with van der Waals surface area (Å²) in [5, 5.41) is 13.1. The van der Waals surface area contributed by atoms with Gasteiger partial charge in [0.05, 0.1) is 6.10 Å². The fourth-order valence-electron chi connectivity index (χ4n) is 2.33. The van der Waals surface area contributed by atoms with Crippen LogP contribution in [-0.4, -0.2) is 24.3 Å². The summed E-state index contributed by atoms with van der Waals surface area (Å²) in [6.45, 7) is 4.30. The Balaban J connectivity index is 2.52. The van der Waals surface area contributed by atoms with Gasteiger partial charge in [0.2, 0.25) is 0 Å². The van der Waals surface area contributed by atoms with Crippen LogP contribution in [0.2, 0.25) is 0 Å². The van der Waals surface area contributed by atoms with E-state index < -0.39 is 6.10 Å². The van der Waals surface area contributed by atoms with Gasteiger partial charge in [-0.3, -0.25) is 0 Å². The smallest absolute Gasteiger partial charge is 0.0876 e. The first kappa shape index (κ1) is 16.9. The van der Waals surface area contributed by atoms with Crippen LogP contribution in [0.5, 0.6) is 0 Å². The second-order valence-electron chi connectivity index (χ2n) is 5.35. The molecule has 112 valence electrons. The van der Waals surface area contributed by atoms with Crippen molar-refractivity contribution >= 4 is 6.08 Å². The minimum atomic E-state index is -0.436. The number of rotatable bonds is 9. The molecule has 20 heavy (non-hydrogen) atoms. The van der Waals surface area contributed by atoms with E-state index in [1.54, 1.807) is 0 Å². The predicted octanol–water partition coefficient (Wildman–Crippen LogP) is 3.79. The van der Waals surface area contributed by atoms with Crippen molar-refractivity contribution in [2.24, 2.45) is 0 Å². The summed E-state index contributed by atoms with van der Waals surface area (Å²) in [5.41, 5.74) is 2.55. The monoisotopic (exact) mass is 275 g/mol. The molecule has 1 aromatic rings. The molecule has 0 aliphatic carbocycles. The summed E-state index contributed by atoms with van der Waals surface area (Å²) in [4.78, 5) is 0. The molecule has 0 heterocycles. The molecule has 0 aliphatic heterocycles.